The maximum atomic E-state index is 12.3. The van der Waals surface area contributed by atoms with E-state index in [4.69, 9.17) is 5.73 Å². The highest BCUT2D eigenvalue weighted by Crippen LogP contribution is 2.46. The zero-order valence-corrected chi connectivity index (χ0v) is 11.3. The van der Waals surface area contributed by atoms with Crippen molar-refractivity contribution < 1.29 is 4.79 Å². The Bertz CT molecular complexity index is 384. The van der Waals surface area contributed by atoms with Gasteiger partial charge in [0.15, 0.2) is 0 Å². The Morgan fingerprint density at radius 3 is 2.82 bits per heavy atom. The summed E-state index contributed by atoms with van der Waals surface area (Å²) in [5.74, 6) is 0.226. The second-order valence-corrected chi connectivity index (χ2v) is 6.07. The molecule has 1 heterocycles. The van der Waals surface area contributed by atoms with Crippen LogP contribution in [-0.4, -0.2) is 30.4 Å². The van der Waals surface area contributed by atoms with Gasteiger partial charge in [0.05, 0.1) is 5.41 Å². The molecule has 1 aliphatic rings. The topological polar surface area (TPSA) is 46.3 Å². The van der Waals surface area contributed by atoms with Crippen LogP contribution in [0.4, 0.5) is 0 Å². The molecule has 0 radical (unpaired) electrons. The standard InChI is InChI=1S/C13H20N2OS/c1-10(8-11-4-3-7-17-11)15(2)12(16)13(9-14)5-6-13/h3-4,7,10H,5-6,8-9,14H2,1-2H3. The monoisotopic (exact) mass is 252 g/mol. The summed E-state index contributed by atoms with van der Waals surface area (Å²) in [5, 5.41) is 2.08. The lowest BCUT2D eigenvalue weighted by Crippen LogP contribution is -2.43. The number of hydrogen-bond donors (Lipinski definition) is 1. The molecular weight excluding hydrogens is 232 g/mol. The van der Waals surface area contributed by atoms with Gasteiger partial charge in [0.2, 0.25) is 5.91 Å². The van der Waals surface area contributed by atoms with E-state index in [2.05, 4.69) is 24.4 Å². The van der Waals surface area contributed by atoms with Crippen molar-refractivity contribution in [2.75, 3.05) is 13.6 Å². The molecule has 1 aliphatic carbocycles. The third-order valence-corrected chi connectivity index (χ3v) is 4.65. The van der Waals surface area contributed by atoms with Gasteiger partial charge in [-0.15, -0.1) is 11.3 Å². The van der Waals surface area contributed by atoms with E-state index in [9.17, 15) is 4.79 Å². The van der Waals surface area contributed by atoms with E-state index in [1.54, 1.807) is 11.3 Å². The number of hydrogen-bond acceptors (Lipinski definition) is 3. The van der Waals surface area contributed by atoms with Crippen molar-refractivity contribution in [3.63, 3.8) is 0 Å². The minimum atomic E-state index is -0.224. The molecule has 94 valence electrons. The van der Waals surface area contributed by atoms with Gasteiger partial charge in [0.25, 0.3) is 0 Å². The Morgan fingerprint density at radius 1 is 1.65 bits per heavy atom. The number of likely N-dealkylation sites (N-methyl/N-ethyl adjacent to an activating group) is 1. The van der Waals surface area contributed by atoms with Crippen LogP contribution in [0.25, 0.3) is 0 Å². The number of nitrogens with two attached hydrogens (primary N) is 1. The average molecular weight is 252 g/mol. The maximum absolute atomic E-state index is 12.3. The molecule has 0 bridgehead atoms. The van der Waals surface area contributed by atoms with E-state index in [1.807, 2.05) is 11.9 Å². The number of rotatable bonds is 5. The van der Waals surface area contributed by atoms with Crippen molar-refractivity contribution >= 4 is 17.2 Å². The Hall–Kier alpha value is -0.870. The lowest BCUT2D eigenvalue weighted by molar-refractivity contribution is -0.137. The van der Waals surface area contributed by atoms with E-state index >= 15 is 0 Å². The van der Waals surface area contributed by atoms with Crippen LogP contribution in [0.15, 0.2) is 17.5 Å². The van der Waals surface area contributed by atoms with Crippen LogP contribution in [0, 0.1) is 5.41 Å². The Labute approximate surface area is 107 Å². The first-order valence-electron chi connectivity index (χ1n) is 6.09. The van der Waals surface area contributed by atoms with E-state index in [-0.39, 0.29) is 17.4 Å². The van der Waals surface area contributed by atoms with E-state index in [0.29, 0.717) is 6.54 Å². The van der Waals surface area contributed by atoms with Crippen LogP contribution in [0.5, 0.6) is 0 Å². The predicted octanol–water partition coefficient (Wildman–Crippen LogP) is 1.88. The van der Waals surface area contributed by atoms with Gasteiger partial charge < -0.3 is 10.6 Å². The van der Waals surface area contributed by atoms with E-state index in [0.717, 1.165) is 19.3 Å². The van der Waals surface area contributed by atoms with Gasteiger partial charge in [-0.3, -0.25) is 4.79 Å². The van der Waals surface area contributed by atoms with Crippen LogP contribution >= 0.6 is 11.3 Å². The Balaban J connectivity index is 1.95. The van der Waals surface area contributed by atoms with Crippen molar-refractivity contribution in [3.8, 4) is 0 Å². The van der Waals surface area contributed by atoms with Gasteiger partial charge >= 0.3 is 0 Å². The van der Waals surface area contributed by atoms with Gasteiger partial charge in [-0.05, 0) is 31.2 Å². The molecule has 1 aromatic heterocycles. The van der Waals surface area contributed by atoms with Gasteiger partial charge in [0, 0.05) is 30.9 Å². The molecule has 0 aliphatic heterocycles. The fourth-order valence-corrected chi connectivity index (χ4v) is 2.91. The minimum Gasteiger partial charge on any atom is -0.342 e. The first-order valence-corrected chi connectivity index (χ1v) is 6.97. The van der Waals surface area contributed by atoms with Gasteiger partial charge in [-0.1, -0.05) is 6.07 Å². The molecule has 1 unspecified atom stereocenters. The number of carbonyl (C=O) groups is 1. The third-order valence-electron chi connectivity index (χ3n) is 3.76. The maximum Gasteiger partial charge on any atom is 0.230 e. The summed E-state index contributed by atoms with van der Waals surface area (Å²) >= 11 is 1.75. The number of carbonyl (C=O) groups excluding carboxylic acids is 1. The second-order valence-electron chi connectivity index (χ2n) is 5.03. The molecule has 1 amide bonds. The first-order chi connectivity index (χ1) is 8.09. The molecule has 2 rings (SSSR count). The van der Waals surface area contributed by atoms with Gasteiger partial charge in [0.1, 0.15) is 0 Å². The van der Waals surface area contributed by atoms with E-state index < -0.39 is 0 Å². The molecule has 0 aromatic carbocycles. The molecular formula is C13H20N2OS. The molecule has 1 saturated carbocycles. The van der Waals surface area contributed by atoms with Crippen molar-refractivity contribution in [1.82, 2.24) is 4.90 Å². The molecule has 2 N–H and O–H groups in total. The quantitative estimate of drug-likeness (QED) is 0.869. The Kier molecular flexibility index (Phi) is 3.54. The molecule has 17 heavy (non-hydrogen) atoms. The fraction of sp³-hybridized carbons (Fsp3) is 0.615. The molecule has 1 aromatic rings. The van der Waals surface area contributed by atoms with Crippen LogP contribution in [0.2, 0.25) is 0 Å². The highest BCUT2D eigenvalue weighted by molar-refractivity contribution is 7.09. The van der Waals surface area contributed by atoms with Crippen molar-refractivity contribution in [1.29, 1.82) is 0 Å². The minimum absolute atomic E-state index is 0.224. The van der Waals surface area contributed by atoms with Gasteiger partial charge in [-0.25, -0.2) is 0 Å². The largest absolute Gasteiger partial charge is 0.342 e. The molecule has 4 heteroatoms. The summed E-state index contributed by atoms with van der Waals surface area (Å²) in [7, 11) is 1.90. The van der Waals surface area contributed by atoms with Gasteiger partial charge in [-0.2, -0.15) is 0 Å². The lowest BCUT2D eigenvalue weighted by atomic mass is 10.0. The normalized spacial score (nSPS) is 18.8. The molecule has 0 spiro atoms. The summed E-state index contributed by atoms with van der Waals surface area (Å²) in [6.07, 6.45) is 2.84. The summed E-state index contributed by atoms with van der Waals surface area (Å²) in [4.78, 5) is 15.5. The summed E-state index contributed by atoms with van der Waals surface area (Å²) in [5.41, 5.74) is 5.47. The summed E-state index contributed by atoms with van der Waals surface area (Å²) < 4.78 is 0. The zero-order chi connectivity index (χ0) is 12.5. The average Bonchev–Trinajstić information content (AvgIpc) is 2.98. The smallest absolute Gasteiger partial charge is 0.230 e. The van der Waals surface area contributed by atoms with E-state index in [1.165, 1.54) is 4.88 Å². The number of nitrogens with zero attached hydrogens (tertiary/aromatic N) is 1. The molecule has 1 atom stereocenters. The summed E-state index contributed by atoms with van der Waals surface area (Å²) in [6, 6.07) is 4.41. The zero-order valence-electron chi connectivity index (χ0n) is 10.5. The molecule has 1 fully saturated rings. The van der Waals surface area contributed by atoms with Crippen LogP contribution in [0.1, 0.15) is 24.6 Å². The second kappa shape index (κ2) is 4.78. The van der Waals surface area contributed by atoms with Crippen LogP contribution in [0.3, 0.4) is 0 Å². The Morgan fingerprint density at radius 2 is 2.35 bits per heavy atom. The number of thiophene rings is 1. The van der Waals surface area contributed by atoms with Crippen LogP contribution in [-0.2, 0) is 11.2 Å². The first kappa shape index (κ1) is 12.6. The summed E-state index contributed by atoms with van der Waals surface area (Å²) in [6.45, 7) is 2.59. The highest BCUT2D eigenvalue weighted by Gasteiger charge is 2.50. The lowest BCUT2D eigenvalue weighted by Gasteiger charge is -2.28. The third kappa shape index (κ3) is 2.53. The molecule has 3 nitrogen and oxygen atoms in total. The highest BCUT2D eigenvalue weighted by atomic mass is 32.1. The van der Waals surface area contributed by atoms with Crippen molar-refractivity contribution in [2.24, 2.45) is 11.1 Å². The van der Waals surface area contributed by atoms with Crippen molar-refractivity contribution in [2.45, 2.75) is 32.2 Å². The van der Waals surface area contributed by atoms with Crippen LogP contribution < -0.4 is 5.73 Å². The number of amides is 1. The SMILES string of the molecule is CC(Cc1cccs1)N(C)C(=O)C1(CN)CC1. The fourth-order valence-electron chi connectivity index (χ4n) is 2.09. The van der Waals surface area contributed by atoms with Crippen molar-refractivity contribution in [3.05, 3.63) is 22.4 Å². The molecule has 0 saturated heterocycles. The predicted molar refractivity (Wildman–Crippen MR) is 71.0 cm³/mol.